The number of benzene rings is 1. The van der Waals surface area contributed by atoms with Crippen molar-refractivity contribution in [2.24, 2.45) is 0 Å². The van der Waals surface area contributed by atoms with Crippen molar-refractivity contribution in [3.05, 3.63) is 39.2 Å². The second-order valence-corrected chi connectivity index (χ2v) is 5.66. The van der Waals surface area contributed by atoms with Crippen LogP contribution in [0, 0.1) is 13.8 Å². The van der Waals surface area contributed by atoms with Crippen molar-refractivity contribution in [3.8, 4) is 10.4 Å². The lowest BCUT2D eigenvalue weighted by atomic mass is 10.1. The Balaban J connectivity index is 2.64. The molecule has 0 aliphatic carbocycles. The molecule has 1 aromatic heterocycles. The van der Waals surface area contributed by atoms with Gasteiger partial charge in [0.15, 0.2) is 0 Å². The minimum Gasteiger partial charge on any atom is -0.398 e. The smallest absolute Gasteiger partial charge is 0.0491 e. The molecular weight excluding hydrogens is 270 g/mol. The van der Waals surface area contributed by atoms with Crippen molar-refractivity contribution in [1.29, 1.82) is 0 Å². The van der Waals surface area contributed by atoms with E-state index in [1.807, 2.05) is 12.1 Å². The second-order valence-electron chi connectivity index (χ2n) is 3.55. The van der Waals surface area contributed by atoms with E-state index in [2.05, 4.69) is 41.9 Å². The normalized spacial score (nSPS) is 10.6. The Morgan fingerprint density at radius 1 is 1.27 bits per heavy atom. The fraction of sp³-hybridized carbons (Fsp3) is 0.167. The Hall–Kier alpha value is -0.800. The summed E-state index contributed by atoms with van der Waals surface area (Å²) >= 11 is 5.37. The van der Waals surface area contributed by atoms with Gasteiger partial charge < -0.3 is 5.73 Å². The average Bonchev–Trinajstić information content (AvgIpc) is 2.50. The Labute approximate surface area is 102 Å². The fourth-order valence-corrected chi connectivity index (χ4v) is 3.50. The van der Waals surface area contributed by atoms with Crippen molar-refractivity contribution in [1.82, 2.24) is 0 Å². The van der Waals surface area contributed by atoms with E-state index in [1.54, 1.807) is 11.3 Å². The number of aryl methyl sites for hydroxylation is 1. The van der Waals surface area contributed by atoms with Crippen molar-refractivity contribution in [2.45, 2.75) is 13.8 Å². The lowest BCUT2D eigenvalue weighted by Gasteiger charge is -2.06. The summed E-state index contributed by atoms with van der Waals surface area (Å²) < 4.78 is 1.15. The number of rotatable bonds is 1. The third-order valence-electron chi connectivity index (χ3n) is 2.43. The van der Waals surface area contributed by atoms with Crippen LogP contribution in [0.3, 0.4) is 0 Å². The fourth-order valence-electron chi connectivity index (χ4n) is 1.57. The largest absolute Gasteiger partial charge is 0.398 e. The molecule has 2 aromatic rings. The van der Waals surface area contributed by atoms with Crippen LogP contribution in [-0.4, -0.2) is 0 Å². The van der Waals surface area contributed by atoms with E-state index >= 15 is 0 Å². The number of hydrogen-bond donors (Lipinski definition) is 1. The first-order valence-electron chi connectivity index (χ1n) is 4.71. The molecule has 2 rings (SSSR count). The molecule has 0 unspecified atom stereocenters. The maximum atomic E-state index is 5.90. The summed E-state index contributed by atoms with van der Waals surface area (Å²) in [5.41, 5.74) is 9.13. The second kappa shape index (κ2) is 3.99. The molecule has 0 spiro atoms. The summed E-state index contributed by atoms with van der Waals surface area (Å²) in [5.74, 6) is 0. The number of hydrogen-bond acceptors (Lipinski definition) is 2. The zero-order valence-electron chi connectivity index (χ0n) is 8.67. The topological polar surface area (TPSA) is 26.0 Å². The summed E-state index contributed by atoms with van der Waals surface area (Å²) in [6.45, 7) is 4.17. The molecule has 0 saturated heterocycles. The molecule has 0 bridgehead atoms. The monoisotopic (exact) mass is 281 g/mol. The summed E-state index contributed by atoms with van der Waals surface area (Å²) in [6.07, 6.45) is 0. The molecule has 78 valence electrons. The third kappa shape index (κ3) is 1.94. The van der Waals surface area contributed by atoms with Gasteiger partial charge in [-0.05, 0) is 53.0 Å². The zero-order valence-corrected chi connectivity index (χ0v) is 11.1. The molecular formula is C12H12BrNS. The standard InChI is InChI=1S/C12H12BrNS/c1-7-6-10(13)12(15-7)9-4-3-5-11(14)8(9)2/h3-6H,14H2,1-2H3. The lowest BCUT2D eigenvalue weighted by molar-refractivity contribution is 1.47. The molecule has 0 atom stereocenters. The van der Waals surface area contributed by atoms with E-state index in [0.717, 1.165) is 15.7 Å². The van der Waals surface area contributed by atoms with Crippen LogP contribution in [0.15, 0.2) is 28.7 Å². The van der Waals surface area contributed by atoms with Gasteiger partial charge in [-0.15, -0.1) is 11.3 Å². The highest BCUT2D eigenvalue weighted by Crippen LogP contribution is 2.38. The quantitative estimate of drug-likeness (QED) is 0.772. The van der Waals surface area contributed by atoms with Crippen LogP contribution >= 0.6 is 27.3 Å². The SMILES string of the molecule is Cc1cc(Br)c(-c2cccc(N)c2C)s1. The van der Waals surface area contributed by atoms with E-state index in [-0.39, 0.29) is 0 Å². The minimum absolute atomic E-state index is 0.852. The molecule has 0 amide bonds. The molecule has 0 aliphatic heterocycles. The average molecular weight is 282 g/mol. The maximum Gasteiger partial charge on any atom is 0.0491 e. The number of anilines is 1. The maximum absolute atomic E-state index is 5.90. The van der Waals surface area contributed by atoms with Crippen LogP contribution in [-0.2, 0) is 0 Å². The van der Waals surface area contributed by atoms with Crippen LogP contribution in [0.25, 0.3) is 10.4 Å². The molecule has 1 aromatic carbocycles. The van der Waals surface area contributed by atoms with Crippen molar-refractivity contribution in [3.63, 3.8) is 0 Å². The first-order chi connectivity index (χ1) is 7.09. The molecule has 1 heterocycles. The molecule has 0 fully saturated rings. The van der Waals surface area contributed by atoms with Gasteiger partial charge in [-0.2, -0.15) is 0 Å². The van der Waals surface area contributed by atoms with Crippen molar-refractivity contribution >= 4 is 33.0 Å². The molecule has 2 N–H and O–H groups in total. The summed E-state index contributed by atoms with van der Waals surface area (Å²) in [4.78, 5) is 2.57. The van der Waals surface area contributed by atoms with E-state index in [1.165, 1.54) is 15.3 Å². The van der Waals surface area contributed by atoms with Gasteiger partial charge in [-0.3, -0.25) is 0 Å². The highest BCUT2D eigenvalue weighted by atomic mass is 79.9. The summed E-state index contributed by atoms with van der Waals surface area (Å²) in [5, 5.41) is 0. The van der Waals surface area contributed by atoms with Crippen LogP contribution in [0.5, 0.6) is 0 Å². The Bertz CT molecular complexity index is 502. The highest BCUT2D eigenvalue weighted by molar-refractivity contribution is 9.10. The Morgan fingerprint density at radius 2 is 2.00 bits per heavy atom. The van der Waals surface area contributed by atoms with Gasteiger partial charge in [0.2, 0.25) is 0 Å². The molecule has 3 heteroatoms. The van der Waals surface area contributed by atoms with E-state index in [9.17, 15) is 0 Å². The number of halogens is 1. The van der Waals surface area contributed by atoms with Gasteiger partial charge in [0.25, 0.3) is 0 Å². The van der Waals surface area contributed by atoms with Gasteiger partial charge in [0, 0.05) is 19.9 Å². The van der Waals surface area contributed by atoms with Crippen molar-refractivity contribution in [2.75, 3.05) is 5.73 Å². The summed E-state index contributed by atoms with van der Waals surface area (Å²) in [6, 6.07) is 8.19. The number of thiophene rings is 1. The van der Waals surface area contributed by atoms with Gasteiger partial charge >= 0.3 is 0 Å². The third-order valence-corrected chi connectivity index (χ3v) is 4.40. The molecule has 1 nitrogen and oxygen atoms in total. The predicted octanol–water partition coefficient (Wildman–Crippen LogP) is 4.38. The van der Waals surface area contributed by atoms with Gasteiger partial charge in [-0.1, -0.05) is 12.1 Å². The zero-order chi connectivity index (χ0) is 11.0. The van der Waals surface area contributed by atoms with E-state index in [0.29, 0.717) is 0 Å². The Kier molecular flexibility index (Phi) is 2.85. The van der Waals surface area contributed by atoms with Crippen LogP contribution < -0.4 is 5.73 Å². The number of nitrogen functional groups attached to an aromatic ring is 1. The predicted molar refractivity (Wildman–Crippen MR) is 71.3 cm³/mol. The number of nitrogens with two attached hydrogens (primary N) is 1. The van der Waals surface area contributed by atoms with Gasteiger partial charge in [0.1, 0.15) is 0 Å². The van der Waals surface area contributed by atoms with Gasteiger partial charge in [0.05, 0.1) is 0 Å². The van der Waals surface area contributed by atoms with E-state index in [4.69, 9.17) is 5.73 Å². The molecule has 15 heavy (non-hydrogen) atoms. The van der Waals surface area contributed by atoms with Crippen LogP contribution in [0.1, 0.15) is 10.4 Å². The molecule has 0 radical (unpaired) electrons. The molecule has 0 saturated carbocycles. The minimum atomic E-state index is 0.852. The van der Waals surface area contributed by atoms with E-state index < -0.39 is 0 Å². The summed E-state index contributed by atoms with van der Waals surface area (Å²) in [7, 11) is 0. The molecule has 0 aliphatic rings. The lowest BCUT2D eigenvalue weighted by Crippen LogP contribution is -1.90. The van der Waals surface area contributed by atoms with Gasteiger partial charge in [-0.25, -0.2) is 0 Å². The highest BCUT2D eigenvalue weighted by Gasteiger charge is 2.10. The first-order valence-corrected chi connectivity index (χ1v) is 6.32. The van der Waals surface area contributed by atoms with Crippen LogP contribution in [0.2, 0.25) is 0 Å². The van der Waals surface area contributed by atoms with Crippen molar-refractivity contribution < 1.29 is 0 Å². The Morgan fingerprint density at radius 3 is 2.60 bits per heavy atom. The van der Waals surface area contributed by atoms with Crippen LogP contribution in [0.4, 0.5) is 5.69 Å². The first kappa shape index (κ1) is 10.7.